The molecule has 112 valence electrons. The topological polar surface area (TPSA) is 38.8 Å². The third kappa shape index (κ3) is 2.37. The zero-order valence-electron chi connectivity index (χ0n) is 12.0. The number of carbonyl (C=O) groups excluding carboxylic acids is 1. The van der Waals surface area contributed by atoms with Crippen molar-refractivity contribution in [2.45, 2.75) is 6.42 Å². The van der Waals surface area contributed by atoms with Crippen LogP contribution < -0.4 is 9.47 Å². The molecule has 22 heavy (non-hydrogen) atoms. The highest BCUT2D eigenvalue weighted by atomic mass is 32.1. The number of carbonyl (C=O) groups is 1. The number of fused-ring (bicyclic) bond motifs is 1. The molecule has 0 bridgehead atoms. The van der Waals surface area contributed by atoms with Crippen molar-refractivity contribution in [1.82, 2.24) is 4.90 Å². The summed E-state index contributed by atoms with van der Waals surface area (Å²) in [6.07, 6.45) is 3.05. The van der Waals surface area contributed by atoms with Crippen LogP contribution in [0.3, 0.4) is 0 Å². The Hall–Kier alpha value is -2.27. The second-order valence-electron chi connectivity index (χ2n) is 5.28. The van der Waals surface area contributed by atoms with Crippen LogP contribution in [0.1, 0.15) is 21.7 Å². The van der Waals surface area contributed by atoms with E-state index in [-0.39, 0.29) is 12.7 Å². The van der Waals surface area contributed by atoms with E-state index in [9.17, 15) is 4.79 Å². The summed E-state index contributed by atoms with van der Waals surface area (Å²) < 4.78 is 10.6. The highest BCUT2D eigenvalue weighted by Crippen LogP contribution is 2.33. The van der Waals surface area contributed by atoms with Crippen molar-refractivity contribution >= 4 is 22.8 Å². The Morgan fingerprint density at radius 2 is 2.09 bits per heavy atom. The minimum Gasteiger partial charge on any atom is -0.454 e. The van der Waals surface area contributed by atoms with Gasteiger partial charge >= 0.3 is 0 Å². The zero-order chi connectivity index (χ0) is 14.9. The summed E-state index contributed by atoms with van der Waals surface area (Å²) in [6.45, 7) is 1.63. The molecule has 5 heteroatoms. The SMILES string of the molecule is O=C(c1ccc2c(c1)OCO2)N1CC=C(c2cccs2)CC1. The quantitative estimate of drug-likeness (QED) is 0.853. The Bertz CT molecular complexity index is 736. The Balaban J connectivity index is 1.50. The van der Waals surface area contributed by atoms with Crippen molar-refractivity contribution in [1.29, 1.82) is 0 Å². The second kappa shape index (κ2) is 5.50. The van der Waals surface area contributed by atoms with Crippen LogP contribution in [0.4, 0.5) is 0 Å². The van der Waals surface area contributed by atoms with Crippen LogP contribution >= 0.6 is 11.3 Å². The number of hydrogen-bond acceptors (Lipinski definition) is 4. The van der Waals surface area contributed by atoms with E-state index < -0.39 is 0 Å². The number of nitrogens with zero attached hydrogens (tertiary/aromatic N) is 1. The first kappa shape index (κ1) is 13.4. The van der Waals surface area contributed by atoms with Gasteiger partial charge in [0.2, 0.25) is 6.79 Å². The average molecular weight is 313 g/mol. The van der Waals surface area contributed by atoms with Gasteiger partial charge in [0.05, 0.1) is 0 Å². The van der Waals surface area contributed by atoms with Crippen LogP contribution in [0.15, 0.2) is 41.8 Å². The van der Waals surface area contributed by atoms with Crippen LogP contribution in [0.5, 0.6) is 11.5 Å². The summed E-state index contributed by atoms with van der Waals surface area (Å²) in [4.78, 5) is 15.8. The van der Waals surface area contributed by atoms with Gasteiger partial charge < -0.3 is 14.4 Å². The predicted octanol–water partition coefficient (Wildman–Crippen LogP) is 3.41. The molecular formula is C17H15NO3S. The van der Waals surface area contributed by atoms with E-state index in [1.54, 1.807) is 29.5 Å². The summed E-state index contributed by atoms with van der Waals surface area (Å²) in [7, 11) is 0. The first-order valence-corrected chi connectivity index (χ1v) is 8.11. The fraction of sp³-hybridized carbons (Fsp3) is 0.235. The smallest absolute Gasteiger partial charge is 0.254 e. The maximum atomic E-state index is 12.6. The maximum absolute atomic E-state index is 12.6. The fourth-order valence-corrected chi connectivity index (χ4v) is 3.55. The van der Waals surface area contributed by atoms with Crippen molar-refractivity contribution in [3.63, 3.8) is 0 Å². The lowest BCUT2D eigenvalue weighted by Gasteiger charge is -2.26. The third-order valence-corrected chi connectivity index (χ3v) is 4.90. The van der Waals surface area contributed by atoms with Gasteiger partial charge in [-0.15, -0.1) is 11.3 Å². The summed E-state index contributed by atoms with van der Waals surface area (Å²) in [5, 5.41) is 2.08. The molecule has 0 atom stereocenters. The van der Waals surface area contributed by atoms with Crippen molar-refractivity contribution in [2.24, 2.45) is 0 Å². The van der Waals surface area contributed by atoms with Gasteiger partial charge in [-0.25, -0.2) is 0 Å². The monoisotopic (exact) mass is 313 g/mol. The number of thiophene rings is 1. The van der Waals surface area contributed by atoms with Gasteiger partial charge in [0.15, 0.2) is 11.5 Å². The minimum absolute atomic E-state index is 0.0415. The molecule has 0 saturated heterocycles. The molecular weight excluding hydrogens is 298 g/mol. The largest absolute Gasteiger partial charge is 0.454 e. The van der Waals surface area contributed by atoms with Gasteiger partial charge in [0.25, 0.3) is 5.91 Å². The predicted molar refractivity (Wildman–Crippen MR) is 85.4 cm³/mol. The molecule has 2 aliphatic heterocycles. The van der Waals surface area contributed by atoms with Crippen LogP contribution in [0.2, 0.25) is 0 Å². The zero-order valence-corrected chi connectivity index (χ0v) is 12.8. The Kier molecular flexibility index (Phi) is 3.35. The van der Waals surface area contributed by atoms with Gasteiger partial charge in [-0.1, -0.05) is 12.1 Å². The van der Waals surface area contributed by atoms with Crippen molar-refractivity contribution in [3.05, 3.63) is 52.2 Å². The Labute approximate surface area is 132 Å². The van der Waals surface area contributed by atoms with Crippen LogP contribution in [0.25, 0.3) is 5.57 Å². The molecule has 1 amide bonds. The van der Waals surface area contributed by atoms with E-state index >= 15 is 0 Å². The number of ether oxygens (including phenoxy) is 2. The number of hydrogen-bond donors (Lipinski definition) is 0. The summed E-state index contributed by atoms with van der Waals surface area (Å²) in [6, 6.07) is 9.56. The first-order valence-electron chi connectivity index (χ1n) is 7.23. The maximum Gasteiger partial charge on any atom is 0.254 e. The Morgan fingerprint density at radius 1 is 1.18 bits per heavy atom. The van der Waals surface area contributed by atoms with Gasteiger partial charge in [-0.3, -0.25) is 4.79 Å². The molecule has 0 radical (unpaired) electrons. The molecule has 4 rings (SSSR count). The summed E-state index contributed by atoms with van der Waals surface area (Å²) >= 11 is 1.75. The molecule has 0 saturated carbocycles. The molecule has 0 aliphatic carbocycles. The molecule has 0 N–H and O–H groups in total. The molecule has 0 spiro atoms. The van der Waals surface area contributed by atoms with Crippen LogP contribution in [-0.4, -0.2) is 30.7 Å². The second-order valence-corrected chi connectivity index (χ2v) is 6.22. The third-order valence-electron chi connectivity index (χ3n) is 3.95. The van der Waals surface area contributed by atoms with E-state index in [0.29, 0.717) is 23.6 Å². The van der Waals surface area contributed by atoms with Crippen molar-refractivity contribution in [3.8, 4) is 11.5 Å². The van der Waals surface area contributed by atoms with E-state index in [1.165, 1.54) is 10.5 Å². The number of benzene rings is 1. The van der Waals surface area contributed by atoms with E-state index in [1.807, 2.05) is 4.90 Å². The fourth-order valence-electron chi connectivity index (χ4n) is 2.75. The van der Waals surface area contributed by atoms with Gasteiger partial charge in [-0.2, -0.15) is 0 Å². The molecule has 1 aromatic carbocycles. The average Bonchev–Trinajstić information content (AvgIpc) is 3.25. The molecule has 0 fully saturated rings. The van der Waals surface area contributed by atoms with Crippen molar-refractivity contribution < 1.29 is 14.3 Å². The first-order chi connectivity index (χ1) is 10.8. The summed E-state index contributed by atoms with van der Waals surface area (Å²) in [5.74, 6) is 1.40. The highest BCUT2D eigenvalue weighted by Gasteiger charge is 2.22. The van der Waals surface area contributed by atoms with Gasteiger partial charge in [-0.05, 0) is 41.6 Å². The standard InChI is InChI=1S/C17H15NO3S/c19-17(13-3-4-14-15(10-13)21-11-20-14)18-7-5-12(6-8-18)16-2-1-9-22-16/h1-5,9-10H,6-8,11H2. The van der Waals surface area contributed by atoms with Gasteiger partial charge in [0, 0.05) is 23.5 Å². The van der Waals surface area contributed by atoms with Crippen LogP contribution in [-0.2, 0) is 0 Å². The lowest BCUT2D eigenvalue weighted by atomic mass is 10.1. The Morgan fingerprint density at radius 3 is 2.86 bits per heavy atom. The summed E-state index contributed by atoms with van der Waals surface area (Å²) in [5.41, 5.74) is 1.99. The molecule has 2 aliphatic rings. The van der Waals surface area contributed by atoms with E-state index in [4.69, 9.17) is 9.47 Å². The van der Waals surface area contributed by atoms with Crippen molar-refractivity contribution in [2.75, 3.05) is 19.9 Å². The lowest BCUT2D eigenvalue weighted by Crippen LogP contribution is -2.34. The molecule has 0 unspecified atom stereocenters. The van der Waals surface area contributed by atoms with Crippen LogP contribution in [0, 0.1) is 0 Å². The normalized spacial score (nSPS) is 16.5. The lowest BCUT2D eigenvalue weighted by molar-refractivity contribution is 0.0772. The molecule has 1 aromatic heterocycles. The highest BCUT2D eigenvalue weighted by molar-refractivity contribution is 7.11. The van der Waals surface area contributed by atoms with Gasteiger partial charge in [0.1, 0.15) is 0 Å². The number of rotatable bonds is 2. The van der Waals surface area contributed by atoms with E-state index in [0.717, 1.165) is 13.0 Å². The minimum atomic E-state index is 0.0415. The van der Waals surface area contributed by atoms with E-state index in [2.05, 4.69) is 23.6 Å². The molecule has 4 nitrogen and oxygen atoms in total. The molecule has 2 aromatic rings. The molecule has 3 heterocycles. The number of amides is 1.